The Labute approximate surface area is 255 Å². The number of sulfonamides is 1. The van der Waals surface area contributed by atoms with Gasteiger partial charge in [0.25, 0.3) is 0 Å². The normalized spacial score (nSPS) is 19.7. The summed E-state index contributed by atoms with van der Waals surface area (Å²) in [5.74, 6) is -0.0513. The maximum absolute atomic E-state index is 14.0. The third kappa shape index (κ3) is 6.42. The predicted octanol–water partition coefficient (Wildman–Crippen LogP) is 7.10. The molecule has 44 heavy (non-hydrogen) atoms. The number of alkyl halides is 3. The van der Waals surface area contributed by atoms with Gasteiger partial charge in [0, 0.05) is 23.3 Å². The van der Waals surface area contributed by atoms with Crippen LogP contribution in [0.4, 0.5) is 18.9 Å². The molecule has 3 atom stereocenters. The molecule has 1 unspecified atom stereocenters. The van der Waals surface area contributed by atoms with Crippen LogP contribution in [0.15, 0.2) is 95.9 Å². The van der Waals surface area contributed by atoms with Crippen LogP contribution in [0.25, 0.3) is 0 Å². The van der Waals surface area contributed by atoms with Crippen molar-refractivity contribution in [2.24, 2.45) is 5.92 Å². The van der Waals surface area contributed by atoms with Crippen molar-refractivity contribution >= 4 is 21.6 Å². The van der Waals surface area contributed by atoms with Crippen LogP contribution >= 0.6 is 0 Å². The van der Waals surface area contributed by atoms with Crippen molar-refractivity contribution in [3.05, 3.63) is 125 Å². The molecule has 6 nitrogen and oxygen atoms in total. The first-order chi connectivity index (χ1) is 21.0. The Bertz CT molecular complexity index is 1780. The number of carbonyl (C=O) groups is 1. The number of nitrogens with one attached hydrogen (secondary N) is 1. The third-order valence-corrected chi connectivity index (χ3v) is 9.90. The molecule has 0 radical (unpaired) electrons. The second-order valence-corrected chi connectivity index (χ2v) is 13.2. The fourth-order valence-corrected chi connectivity index (χ4v) is 7.29. The largest absolute Gasteiger partial charge is 0.416 e. The van der Waals surface area contributed by atoms with E-state index < -0.39 is 27.8 Å². The molecule has 2 aliphatic carbocycles. The van der Waals surface area contributed by atoms with E-state index in [1.807, 2.05) is 73.7 Å². The van der Waals surface area contributed by atoms with Crippen LogP contribution in [-0.2, 0) is 34.0 Å². The molecule has 10 heteroatoms. The molecule has 3 aromatic carbocycles. The van der Waals surface area contributed by atoms with E-state index in [2.05, 4.69) is 9.71 Å². The first-order valence-corrected chi connectivity index (χ1v) is 16.1. The van der Waals surface area contributed by atoms with Gasteiger partial charge < -0.3 is 4.90 Å². The molecule has 228 valence electrons. The lowest BCUT2D eigenvalue weighted by Gasteiger charge is -2.29. The second-order valence-electron chi connectivity index (χ2n) is 11.5. The Morgan fingerprint density at radius 2 is 1.73 bits per heavy atom. The Morgan fingerprint density at radius 1 is 0.977 bits per heavy atom. The monoisotopic (exact) mass is 619 g/mol. The van der Waals surface area contributed by atoms with Crippen molar-refractivity contribution in [3.63, 3.8) is 0 Å². The minimum absolute atomic E-state index is 0.0141. The molecule has 0 saturated heterocycles. The molecular weight excluding hydrogens is 587 g/mol. The van der Waals surface area contributed by atoms with Crippen LogP contribution in [0.3, 0.4) is 0 Å². The van der Waals surface area contributed by atoms with Gasteiger partial charge in [0.2, 0.25) is 15.9 Å². The Hall–Kier alpha value is -4.02. The summed E-state index contributed by atoms with van der Waals surface area (Å²) in [6, 6.07) is 24.3. The maximum Gasteiger partial charge on any atom is 0.416 e. The molecule has 0 spiro atoms. The lowest BCUT2D eigenvalue weighted by Crippen LogP contribution is -2.34. The van der Waals surface area contributed by atoms with Crippen molar-refractivity contribution < 1.29 is 26.4 Å². The van der Waals surface area contributed by atoms with Gasteiger partial charge in [-0.3, -0.25) is 9.78 Å². The van der Waals surface area contributed by atoms with Gasteiger partial charge in [-0.25, -0.2) is 13.1 Å². The Balaban J connectivity index is 1.30. The summed E-state index contributed by atoms with van der Waals surface area (Å²) in [6.45, 7) is 2.16. The number of aryl methyl sites for hydroxylation is 2. The highest BCUT2D eigenvalue weighted by atomic mass is 32.2. The molecule has 6 rings (SSSR count). The highest BCUT2D eigenvalue weighted by Crippen LogP contribution is 2.49. The van der Waals surface area contributed by atoms with E-state index in [0.717, 1.165) is 71.6 Å². The van der Waals surface area contributed by atoms with Crippen LogP contribution in [0.1, 0.15) is 64.9 Å². The van der Waals surface area contributed by atoms with Gasteiger partial charge in [-0.05, 0) is 104 Å². The number of aromatic nitrogens is 1. The zero-order valence-electron chi connectivity index (χ0n) is 24.1. The van der Waals surface area contributed by atoms with E-state index in [4.69, 9.17) is 0 Å². The van der Waals surface area contributed by atoms with E-state index in [1.54, 1.807) is 4.90 Å². The minimum Gasteiger partial charge on any atom is -0.306 e. The van der Waals surface area contributed by atoms with Gasteiger partial charge >= 0.3 is 6.18 Å². The lowest BCUT2D eigenvalue weighted by atomic mass is 9.87. The SMILES string of the molecule is Cc1cccc(CN(C(=O)C2C[C@@H]2c2ccccc2)c2ccc3c(c2)[C@H](NS(=O)(=O)c2ccc(C(F)(F)F)cc2)CCC3)n1. The average Bonchev–Trinajstić information content (AvgIpc) is 3.81. The maximum atomic E-state index is 14.0. The van der Waals surface area contributed by atoms with Crippen molar-refractivity contribution in [3.8, 4) is 0 Å². The number of pyridine rings is 1. The fraction of sp³-hybridized carbons (Fsp3) is 0.294. The standard InChI is InChI=1S/C34H32F3N3O3S/c1-22-7-5-11-26(38-22)21-40(33(41)31-20-29(31)23-8-3-2-4-9-23)27-16-13-24-10-6-12-32(30(24)19-27)39-44(42,43)28-17-14-25(15-18-28)34(35,36)37/h2-5,7-9,11,13-19,29,31-32,39H,6,10,12,20-21H2,1H3/t29-,31?,32-/m1/s1. The first kappa shape index (κ1) is 30.0. The summed E-state index contributed by atoms with van der Waals surface area (Å²) >= 11 is 0. The second kappa shape index (κ2) is 11.8. The third-order valence-electron chi connectivity index (χ3n) is 8.41. The Morgan fingerprint density at radius 3 is 2.43 bits per heavy atom. The Kier molecular flexibility index (Phi) is 8.06. The van der Waals surface area contributed by atoms with Gasteiger partial charge in [-0.1, -0.05) is 42.5 Å². The van der Waals surface area contributed by atoms with E-state index in [0.29, 0.717) is 12.1 Å². The molecule has 1 saturated carbocycles. The number of benzene rings is 3. The average molecular weight is 620 g/mol. The van der Waals surface area contributed by atoms with E-state index in [-0.39, 0.29) is 29.2 Å². The van der Waals surface area contributed by atoms with Gasteiger partial charge in [0.15, 0.2) is 0 Å². The van der Waals surface area contributed by atoms with Crippen molar-refractivity contribution in [1.82, 2.24) is 9.71 Å². The van der Waals surface area contributed by atoms with Gasteiger partial charge in [0.1, 0.15) is 0 Å². The highest BCUT2D eigenvalue weighted by molar-refractivity contribution is 7.89. The summed E-state index contributed by atoms with van der Waals surface area (Å²) in [7, 11) is -4.12. The first-order valence-electron chi connectivity index (χ1n) is 14.6. The predicted molar refractivity (Wildman–Crippen MR) is 161 cm³/mol. The summed E-state index contributed by atoms with van der Waals surface area (Å²) in [4.78, 5) is 20.2. The van der Waals surface area contributed by atoms with Gasteiger partial charge in [-0.15, -0.1) is 0 Å². The van der Waals surface area contributed by atoms with Gasteiger partial charge in [-0.2, -0.15) is 13.2 Å². The number of fused-ring (bicyclic) bond motifs is 1. The van der Waals surface area contributed by atoms with Crippen LogP contribution in [0.5, 0.6) is 0 Å². The quantitative estimate of drug-likeness (QED) is 0.228. The number of amides is 1. The number of nitrogens with zero attached hydrogens (tertiary/aromatic N) is 2. The molecule has 0 bridgehead atoms. The minimum atomic E-state index is -4.56. The molecule has 4 aromatic rings. The molecule has 1 N–H and O–H groups in total. The van der Waals surface area contributed by atoms with E-state index in [9.17, 15) is 26.4 Å². The molecule has 1 heterocycles. The van der Waals surface area contributed by atoms with E-state index in [1.165, 1.54) is 0 Å². The molecule has 1 fully saturated rings. The number of carbonyl (C=O) groups excluding carboxylic acids is 1. The summed E-state index contributed by atoms with van der Waals surface area (Å²) in [6.07, 6.45) is -1.81. The summed E-state index contributed by atoms with van der Waals surface area (Å²) in [5, 5.41) is 0. The van der Waals surface area contributed by atoms with Crippen LogP contribution in [0.2, 0.25) is 0 Å². The number of rotatable bonds is 8. The molecule has 1 aromatic heterocycles. The summed E-state index contributed by atoms with van der Waals surface area (Å²) < 4.78 is 68.4. The topological polar surface area (TPSA) is 79.4 Å². The van der Waals surface area contributed by atoms with Crippen molar-refractivity contribution in [1.29, 1.82) is 0 Å². The van der Waals surface area contributed by atoms with Crippen LogP contribution in [-0.4, -0.2) is 19.3 Å². The van der Waals surface area contributed by atoms with Crippen LogP contribution in [0, 0.1) is 12.8 Å². The number of anilines is 1. The molecule has 2 aliphatic rings. The van der Waals surface area contributed by atoms with Crippen LogP contribution < -0.4 is 9.62 Å². The lowest BCUT2D eigenvalue weighted by molar-refractivity contribution is -0.137. The summed E-state index contributed by atoms with van der Waals surface area (Å²) in [5.41, 5.74) is 4.17. The van der Waals surface area contributed by atoms with Crippen molar-refractivity contribution in [2.45, 2.75) is 62.2 Å². The molecule has 1 amide bonds. The fourth-order valence-electron chi connectivity index (χ4n) is 6.04. The van der Waals surface area contributed by atoms with E-state index >= 15 is 0 Å². The number of hydrogen-bond acceptors (Lipinski definition) is 4. The zero-order valence-corrected chi connectivity index (χ0v) is 24.9. The molecular formula is C34H32F3N3O3S. The molecule has 0 aliphatic heterocycles. The highest BCUT2D eigenvalue weighted by Gasteiger charge is 2.46. The van der Waals surface area contributed by atoms with Crippen molar-refractivity contribution in [2.75, 3.05) is 4.90 Å². The zero-order chi connectivity index (χ0) is 31.1. The number of halogens is 3. The number of hydrogen-bond donors (Lipinski definition) is 1. The smallest absolute Gasteiger partial charge is 0.306 e. The van der Waals surface area contributed by atoms with Gasteiger partial charge in [0.05, 0.1) is 22.7 Å².